The second-order valence-corrected chi connectivity index (χ2v) is 7.19. The SMILES string of the molecule is COc1ccc(CCNC(=O)[C@@H]2CC(=O)N(c3ccc(Br)cc3)C2)cc1. The fourth-order valence-electron chi connectivity index (χ4n) is 3.02. The zero-order valence-corrected chi connectivity index (χ0v) is 16.2. The Labute approximate surface area is 161 Å². The summed E-state index contributed by atoms with van der Waals surface area (Å²) in [7, 11) is 1.63. The highest BCUT2D eigenvalue weighted by atomic mass is 79.9. The Morgan fingerprint density at radius 2 is 1.88 bits per heavy atom. The smallest absolute Gasteiger partial charge is 0.227 e. The van der Waals surface area contributed by atoms with E-state index in [1.54, 1.807) is 12.0 Å². The maximum atomic E-state index is 12.4. The van der Waals surface area contributed by atoms with Crippen molar-refractivity contribution in [3.8, 4) is 5.75 Å². The van der Waals surface area contributed by atoms with Gasteiger partial charge in [-0.15, -0.1) is 0 Å². The molecule has 1 fully saturated rings. The van der Waals surface area contributed by atoms with Crippen molar-refractivity contribution in [3.05, 3.63) is 58.6 Å². The van der Waals surface area contributed by atoms with E-state index in [-0.39, 0.29) is 24.2 Å². The first-order valence-electron chi connectivity index (χ1n) is 8.53. The van der Waals surface area contributed by atoms with Crippen LogP contribution >= 0.6 is 15.9 Å². The van der Waals surface area contributed by atoms with Crippen LogP contribution in [0.5, 0.6) is 5.75 Å². The highest BCUT2D eigenvalue weighted by Gasteiger charge is 2.34. The highest BCUT2D eigenvalue weighted by Crippen LogP contribution is 2.26. The van der Waals surface area contributed by atoms with E-state index in [0.717, 1.165) is 27.9 Å². The molecule has 0 unspecified atom stereocenters. The quantitative estimate of drug-likeness (QED) is 0.786. The minimum Gasteiger partial charge on any atom is -0.497 e. The number of nitrogens with one attached hydrogen (secondary N) is 1. The number of benzene rings is 2. The van der Waals surface area contributed by atoms with Gasteiger partial charge in [-0.3, -0.25) is 9.59 Å². The molecule has 0 bridgehead atoms. The van der Waals surface area contributed by atoms with Crippen LogP contribution in [0.3, 0.4) is 0 Å². The average molecular weight is 417 g/mol. The lowest BCUT2D eigenvalue weighted by Crippen LogP contribution is -2.34. The Morgan fingerprint density at radius 1 is 1.19 bits per heavy atom. The molecule has 136 valence electrons. The van der Waals surface area contributed by atoms with Crippen LogP contribution in [0.25, 0.3) is 0 Å². The molecule has 2 aromatic carbocycles. The first kappa shape index (κ1) is 18.5. The molecule has 2 amide bonds. The van der Waals surface area contributed by atoms with E-state index < -0.39 is 0 Å². The third-order valence-electron chi connectivity index (χ3n) is 4.51. The van der Waals surface area contributed by atoms with E-state index in [0.29, 0.717) is 13.1 Å². The molecule has 0 aliphatic carbocycles. The van der Waals surface area contributed by atoms with E-state index in [1.165, 1.54) is 0 Å². The summed E-state index contributed by atoms with van der Waals surface area (Å²) in [6.07, 6.45) is 0.997. The Bertz CT molecular complexity index is 775. The normalized spacial score (nSPS) is 16.6. The molecule has 1 N–H and O–H groups in total. The number of nitrogens with zero attached hydrogens (tertiary/aromatic N) is 1. The number of methoxy groups -OCH3 is 1. The fraction of sp³-hybridized carbons (Fsp3) is 0.300. The van der Waals surface area contributed by atoms with Gasteiger partial charge in [-0.2, -0.15) is 0 Å². The zero-order chi connectivity index (χ0) is 18.5. The number of amides is 2. The van der Waals surface area contributed by atoms with Crippen LogP contribution < -0.4 is 15.0 Å². The number of carbonyl (C=O) groups is 2. The Balaban J connectivity index is 1.50. The molecule has 26 heavy (non-hydrogen) atoms. The monoisotopic (exact) mass is 416 g/mol. The van der Waals surface area contributed by atoms with Gasteiger partial charge in [-0.25, -0.2) is 0 Å². The Hall–Kier alpha value is -2.34. The second kappa shape index (κ2) is 8.36. The van der Waals surface area contributed by atoms with Crippen molar-refractivity contribution < 1.29 is 14.3 Å². The summed E-state index contributed by atoms with van der Waals surface area (Å²) < 4.78 is 6.09. The second-order valence-electron chi connectivity index (χ2n) is 6.27. The van der Waals surface area contributed by atoms with Gasteiger partial charge < -0.3 is 15.0 Å². The van der Waals surface area contributed by atoms with Gasteiger partial charge in [-0.1, -0.05) is 28.1 Å². The molecule has 0 radical (unpaired) electrons. The van der Waals surface area contributed by atoms with Crippen molar-refractivity contribution in [2.24, 2.45) is 5.92 Å². The summed E-state index contributed by atoms with van der Waals surface area (Å²) in [6.45, 7) is 0.975. The average Bonchev–Trinajstić information content (AvgIpc) is 3.05. The molecule has 1 heterocycles. The highest BCUT2D eigenvalue weighted by molar-refractivity contribution is 9.10. The number of ether oxygens (including phenoxy) is 1. The minimum absolute atomic E-state index is 0.0115. The van der Waals surface area contributed by atoms with Crippen LogP contribution in [-0.4, -0.2) is 32.0 Å². The largest absolute Gasteiger partial charge is 0.497 e. The molecule has 1 aliphatic rings. The fourth-order valence-corrected chi connectivity index (χ4v) is 3.28. The molecule has 0 spiro atoms. The van der Waals surface area contributed by atoms with Crippen molar-refractivity contribution in [2.45, 2.75) is 12.8 Å². The van der Waals surface area contributed by atoms with Crippen LogP contribution in [0.15, 0.2) is 53.0 Å². The van der Waals surface area contributed by atoms with Crippen LogP contribution in [0.1, 0.15) is 12.0 Å². The van der Waals surface area contributed by atoms with E-state index in [9.17, 15) is 9.59 Å². The van der Waals surface area contributed by atoms with Gasteiger partial charge in [0.05, 0.1) is 13.0 Å². The molecule has 1 aliphatic heterocycles. The summed E-state index contributed by atoms with van der Waals surface area (Å²) in [5.74, 6) is 0.436. The molecule has 3 rings (SSSR count). The maximum absolute atomic E-state index is 12.4. The number of anilines is 1. The Morgan fingerprint density at radius 3 is 2.54 bits per heavy atom. The predicted molar refractivity (Wildman–Crippen MR) is 104 cm³/mol. The van der Waals surface area contributed by atoms with Crippen LogP contribution in [0.2, 0.25) is 0 Å². The number of hydrogen-bond donors (Lipinski definition) is 1. The van der Waals surface area contributed by atoms with Crippen molar-refractivity contribution in [2.75, 3.05) is 25.1 Å². The zero-order valence-electron chi connectivity index (χ0n) is 14.6. The summed E-state index contributed by atoms with van der Waals surface area (Å²) >= 11 is 3.39. The van der Waals surface area contributed by atoms with Gasteiger partial charge in [-0.05, 0) is 48.4 Å². The lowest BCUT2D eigenvalue weighted by Gasteiger charge is -2.16. The van der Waals surface area contributed by atoms with Crippen molar-refractivity contribution >= 4 is 33.4 Å². The van der Waals surface area contributed by atoms with Gasteiger partial charge in [0.15, 0.2) is 0 Å². The van der Waals surface area contributed by atoms with E-state index >= 15 is 0 Å². The van der Waals surface area contributed by atoms with Crippen molar-refractivity contribution in [1.82, 2.24) is 5.32 Å². The molecule has 1 atom stereocenters. The molecule has 1 saturated heterocycles. The maximum Gasteiger partial charge on any atom is 0.227 e. The summed E-state index contributed by atoms with van der Waals surface area (Å²) in [5.41, 5.74) is 1.96. The lowest BCUT2D eigenvalue weighted by molar-refractivity contribution is -0.126. The van der Waals surface area contributed by atoms with Crippen LogP contribution in [0, 0.1) is 5.92 Å². The number of hydrogen-bond acceptors (Lipinski definition) is 3. The van der Waals surface area contributed by atoms with Gasteiger partial charge >= 0.3 is 0 Å². The van der Waals surface area contributed by atoms with Crippen molar-refractivity contribution in [1.29, 1.82) is 0 Å². The van der Waals surface area contributed by atoms with E-state index in [1.807, 2.05) is 48.5 Å². The molecular weight excluding hydrogens is 396 g/mol. The molecule has 5 nitrogen and oxygen atoms in total. The summed E-state index contributed by atoms with van der Waals surface area (Å²) in [4.78, 5) is 26.3. The van der Waals surface area contributed by atoms with E-state index in [2.05, 4.69) is 21.2 Å². The third-order valence-corrected chi connectivity index (χ3v) is 5.03. The van der Waals surface area contributed by atoms with E-state index in [4.69, 9.17) is 4.74 Å². The number of halogens is 1. The van der Waals surface area contributed by atoms with Crippen LogP contribution in [-0.2, 0) is 16.0 Å². The lowest BCUT2D eigenvalue weighted by atomic mass is 10.1. The third kappa shape index (κ3) is 4.43. The molecule has 0 saturated carbocycles. The Kier molecular flexibility index (Phi) is 5.93. The number of carbonyl (C=O) groups excluding carboxylic acids is 2. The standard InChI is InChI=1S/C20H21BrN2O3/c1-26-18-8-2-14(3-9-18)10-11-22-20(25)15-12-19(24)23(13-15)17-6-4-16(21)5-7-17/h2-9,15H,10-13H2,1H3,(H,22,25)/t15-/m1/s1. The van der Waals surface area contributed by atoms with Gasteiger partial charge in [0, 0.05) is 29.7 Å². The van der Waals surface area contributed by atoms with Gasteiger partial charge in [0.2, 0.25) is 11.8 Å². The van der Waals surface area contributed by atoms with Gasteiger partial charge in [0.25, 0.3) is 0 Å². The number of rotatable bonds is 6. The predicted octanol–water partition coefficient (Wildman–Crippen LogP) is 3.17. The molecular formula is C20H21BrN2O3. The molecule has 2 aromatic rings. The first-order valence-corrected chi connectivity index (χ1v) is 9.32. The molecule has 0 aromatic heterocycles. The minimum atomic E-state index is -0.304. The summed E-state index contributed by atoms with van der Waals surface area (Å²) in [5, 5.41) is 2.95. The van der Waals surface area contributed by atoms with Crippen molar-refractivity contribution in [3.63, 3.8) is 0 Å². The molecule has 6 heteroatoms. The first-order chi connectivity index (χ1) is 12.6. The van der Waals surface area contributed by atoms with Gasteiger partial charge in [0.1, 0.15) is 5.75 Å². The topological polar surface area (TPSA) is 58.6 Å². The van der Waals surface area contributed by atoms with Crippen LogP contribution in [0.4, 0.5) is 5.69 Å². The summed E-state index contributed by atoms with van der Waals surface area (Å²) in [6, 6.07) is 15.3.